The average Bonchev–Trinajstić information content (AvgIpc) is 2.42. The molecular weight excluding hydrogens is 675 g/mol. The van der Waals surface area contributed by atoms with Gasteiger partial charge in [-0.25, -0.2) is 0 Å². The fraction of sp³-hybridized carbons (Fsp3) is 0.0714. The van der Waals surface area contributed by atoms with E-state index < -0.39 is 0 Å². The summed E-state index contributed by atoms with van der Waals surface area (Å²) >= 11 is 10.1. The van der Waals surface area contributed by atoms with Crippen LogP contribution in [0.5, 0.6) is 5.75 Å². The number of hydrogen-bond acceptors (Lipinski definition) is 2. The lowest BCUT2D eigenvalue weighted by Gasteiger charge is -2.12. The molecule has 0 fully saturated rings. The van der Waals surface area contributed by atoms with Crippen molar-refractivity contribution in [3.05, 3.63) is 51.1 Å². The van der Waals surface area contributed by atoms with Crippen LogP contribution in [0.25, 0.3) is 0 Å². The highest BCUT2D eigenvalue weighted by Gasteiger charge is 2.16. The molecule has 0 aliphatic carbocycles. The van der Waals surface area contributed by atoms with Gasteiger partial charge in [0, 0.05) is 15.2 Å². The molecule has 0 atom stereocenters. The van der Waals surface area contributed by atoms with E-state index in [1.54, 1.807) is 19.2 Å². The lowest BCUT2D eigenvalue weighted by atomic mass is 10.2. The van der Waals surface area contributed by atoms with E-state index in [1.807, 2.05) is 18.2 Å². The van der Waals surface area contributed by atoms with E-state index in [0.29, 0.717) is 11.3 Å². The monoisotopic (exact) mass is 683 g/mol. The molecule has 0 saturated carbocycles. The number of halogens is 4. The van der Waals surface area contributed by atoms with Crippen LogP contribution >= 0.6 is 83.7 Å². The molecule has 2 aromatic rings. The molecule has 0 bridgehead atoms. The summed E-state index contributed by atoms with van der Waals surface area (Å²) < 4.78 is 9.29. The van der Waals surface area contributed by atoms with Crippen molar-refractivity contribution >= 4 is 95.3 Å². The Labute approximate surface area is 172 Å². The third-order valence-corrected chi connectivity index (χ3v) is 5.47. The molecule has 2 aromatic carbocycles. The summed E-state index contributed by atoms with van der Waals surface area (Å²) in [5, 5.41) is 2.96. The van der Waals surface area contributed by atoms with Crippen LogP contribution in [-0.4, -0.2) is 13.0 Å². The Kier molecular flexibility index (Phi) is 6.56. The average molecular weight is 684 g/mol. The van der Waals surface area contributed by atoms with E-state index in [4.69, 9.17) is 4.74 Å². The maximum absolute atomic E-state index is 12.5. The highest BCUT2D eigenvalue weighted by atomic mass is 127. The van der Waals surface area contributed by atoms with Gasteiger partial charge in [-0.3, -0.25) is 4.79 Å². The first-order valence-corrected chi connectivity index (χ1v) is 9.74. The summed E-state index contributed by atoms with van der Waals surface area (Å²) in [6.07, 6.45) is 0. The van der Waals surface area contributed by atoms with E-state index in [1.165, 1.54) is 0 Å². The molecule has 0 aliphatic rings. The van der Waals surface area contributed by atoms with Gasteiger partial charge in [-0.05, 0) is 98.1 Å². The summed E-state index contributed by atoms with van der Waals surface area (Å²) in [5.41, 5.74) is 1.33. The lowest BCUT2D eigenvalue weighted by Crippen LogP contribution is -2.15. The van der Waals surface area contributed by atoms with Gasteiger partial charge >= 0.3 is 0 Å². The highest BCUT2D eigenvalue weighted by Crippen LogP contribution is 2.29. The minimum atomic E-state index is -0.184. The number of methoxy groups -OCH3 is 1. The van der Waals surface area contributed by atoms with Crippen molar-refractivity contribution in [3.8, 4) is 5.75 Å². The van der Waals surface area contributed by atoms with Crippen molar-refractivity contribution in [3.63, 3.8) is 0 Å². The highest BCUT2D eigenvalue weighted by molar-refractivity contribution is 14.1. The number of carbonyl (C=O) groups is 1. The summed E-state index contributed by atoms with van der Waals surface area (Å²) in [7, 11) is 1.55. The summed E-state index contributed by atoms with van der Waals surface area (Å²) in [5.74, 6) is 0.355. The maximum Gasteiger partial charge on any atom is 0.259 e. The Bertz CT molecular complexity index is 684. The second kappa shape index (κ2) is 7.77. The van der Waals surface area contributed by atoms with Gasteiger partial charge in [0.25, 0.3) is 5.91 Å². The first-order chi connectivity index (χ1) is 9.92. The quantitative estimate of drug-likeness (QED) is 0.433. The number of rotatable bonds is 3. The second-order valence-electron chi connectivity index (χ2n) is 4.04. The van der Waals surface area contributed by atoms with Crippen LogP contribution in [0.3, 0.4) is 0 Å². The van der Waals surface area contributed by atoms with Crippen molar-refractivity contribution in [1.29, 1.82) is 0 Å². The Balaban J connectivity index is 2.35. The molecule has 0 heterocycles. The van der Waals surface area contributed by atoms with Crippen LogP contribution in [0.4, 0.5) is 5.69 Å². The van der Waals surface area contributed by atoms with E-state index in [9.17, 15) is 4.79 Å². The fourth-order valence-electron chi connectivity index (χ4n) is 1.70. The summed E-state index contributed by atoms with van der Waals surface area (Å²) in [6.45, 7) is 0. The zero-order valence-corrected chi connectivity index (χ0v) is 18.8. The van der Waals surface area contributed by atoms with E-state index in [-0.39, 0.29) is 5.91 Å². The fourth-order valence-corrected chi connectivity index (χ4v) is 5.89. The predicted molar refractivity (Wildman–Crippen MR) is 113 cm³/mol. The first kappa shape index (κ1) is 17.7. The second-order valence-corrected chi connectivity index (χ2v) is 8.53. The molecule has 110 valence electrons. The van der Waals surface area contributed by atoms with Gasteiger partial charge in [0.05, 0.1) is 18.4 Å². The van der Waals surface area contributed by atoms with Crippen LogP contribution in [0.1, 0.15) is 10.4 Å². The molecule has 0 spiro atoms. The normalized spacial score (nSPS) is 10.3. The van der Waals surface area contributed by atoms with E-state index in [0.717, 1.165) is 20.9 Å². The van der Waals surface area contributed by atoms with Gasteiger partial charge in [0.2, 0.25) is 0 Å². The molecule has 0 aromatic heterocycles. The van der Waals surface area contributed by atoms with Crippen molar-refractivity contribution in [1.82, 2.24) is 0 Å². The van der Waals surface area contributed by atoms with Crippen molar-refractivity contribution in [2.75, 3.05) is 12.4 Å². The Hall–Kier alpha value is 0.380. The molecule has 1 N–H and O–H groups in total. The minimum Gasteiger partial charge on any atom is -0.496 e. The molecule has 21 heavy (non-hydrogen) atoms. The molecule has 0 radical (unpaired) electrons. The van der Waals surface area contributed by atoms with Crippen molar-refractivity contribution < 1.29 is 9.53 Å². The van der Waals surface area contributed by atoms with Gasteiger partial charge in [0.15, 0.2) is 0 Å². The maximum atomic E-state index is 12.5. The molecule has 0 saturated heterocycles. The zero-order chi connectivity index (χ0) is 15.6. The number of benzene rings is 2. The SMILES string of the molecule is COc1cc(Br)ccc1C(=O)Nc1c(I)cc(I)cc1I. The van der Waals surface area contributed by atoms with Gasteiger partial charge < -0.3 is 10.1 Å². The molecule has 1 amide bonds. The molecule has 2 rings (SSSR count). The molecular formula is C14H9BrI3NO2. The van der Waals surface area contributed by atoms with Crippen LogP contribution in [0, 0.1) is 10.7 Å². The van der Waals surface area contributed by atoms with Crippen LogP contribution in [0.15, 0.2) is 34.8 Å². The number of amides is 1. The summed E-state index contributed by atoms with van der Waals surface area (Å²) in [4.78, 5) is 12.5. The molecule has 7 heteroatoms. The number of nitrogens with one attached hydrogen (secondary N) is 1. The van der Waals surface area contributed by atoms with E-state index >= 15 is 0 Å². The van der Waals surface area contributed by atoms with Crippen LogP contribution < -0.4 is 10.1 Å². The Morgan fingerprint density at radius 2 is 1.76 bits per heavy atom. The third-order valence-electron chi connectivity index (χ3n) is 2.65. The minimum absolute atomic E-state index is 0.184. The number of hydrogen-bond donors (Lipinski definition) is 1. The largest absolute Gasteiger partial charge is 0.496 e. The first-order valence-electron chi connectivity index (χ1n) is 5.72. The van der Waals surface area contributed by atoms with Crippen LogP contribution in [-0.2, 0) is 0 Å². The summed E-state index contributed by atoms with van der Waals surface area (Å²) in [6, 6.07) is 9.39. The Morgan fingerprint density at radius 3 is 2.33 bits per heavy atom. The smallest absolute Gasteiger partial charge is 0.259 e. The lowest BCUT2D eigenvalue weighted by molar-refractivity contribution is 0.102. The predicted octanol–water partition coefficient (Wildman–Crippen LogP) is 5.52. The van der Waals surface area contributed by atoms with Gasteiger partial charge in [-0.2, -0.15) is 0 Å². The number of anilines is 1. The van der Waals surface area contributed by atoms with Gasteiger partial charge in [-0.15, -0.1) is 0 Å². The van der Waals surface area contributed by atoms with Gasteiger partial charge in [0.1, 0.15) is 5.75 Å². The Morgan fingerprint density at radius 1 is 1.14 bits per heavy atom. The molecule has 0 unspecified atom stereocenters. The van der Waals surface area contributed by atoms with Crippen molar-refractivity contribution in [2.45, 2.75) is 0 Å². The number of ether oxygens (including phenoxy) is 1. The van der Waals surface area contributed by atoms with E-state index in [2.05, 4.69) is 89.0 Å². The van der Waals surface area contributed by atoms with Crippen molar-refractivity contribution in [2.24, 2.45) is 0 Å². The third kappa shape index (κ3) is 4.44. The topological polar surface area (TPSA) is 38.3 Å². The molecule has 3 nitrogen and oxygen atoms in total. The zero-order valence-electron chi connectivity index (χ0n) is 10.7. The van der Waals surface area contributed by atoms with Crippen LogP contribution in [0.2, 0.25) is 0 Å². The number of carbonyl (C=O) groups excluding carboxylic acids is 1. The van der Waals surface area contributed by atoms with Gasteiger partial charge in [-0.1, -0.05) is 15.9 Å². The molecule has 0 aliphatic heterocycles. The standard InChI is InChI=1S/C14H9BrI3NO2/c1-21-12-4-7(15)2-3-9(12)14(20)19-13-10(17)5-8(16)6-11(13)18/h2-6H,1H3,(H,19,20).